The molecule has 1 amide bonds. The Bertz CT molecular complexity index is 1040. The molecule has 2 heterocycles. The number of hydrogen-bond donors (Lipinski definition) is 1. The third-order valence-corrected chi connectivity index (χ3v) is 5.96. The average Bonchev–Trinajstić information content (AvgIpc) is 3.15. The Balaban J connectivity index is 1.54. The predicted octanol–water partition coefficient (Wildman–Crippen LogP) is 4.27. The van der Waals surface area contributed by atoms with Crippen LogP contribution in [0.2, 0.25) is 0 Å². The predicted molar refractivity (Wildman–Crippen MR) is 101 cm³/mol. The van der Waals surface area contributed by atoms with Gasteiger partial charge in [-0.2, -0.15) is 17.9 Å². The van der Waals surface area contributed by atoms with Crippen LogP contribution in [-0.4, -0.2) is 10.9 Å². The largest absolute Gasteiger partial charge is 0.618 e. The van der Waals surface area contributed by atoms with Gasteiger partial charge in [-0.3, -0.25) is 4.79 Å². The van der Waals surface area contributed by atoms with Crippen LogP contribution in [0.15, 0.2) is 54.0 Å². The standard InChI is InChI=1S/C20H16F3N3O2S/c21-20(22,23)14-7-5-13(6-8-14)18-24-15(12-29-18)17(27)25-19(9-3-10-19)16-4-1-2-11-26(16)28/h1-2,4-8,11-12H,3,9-10H2,(H,25,27). The molecule has 0 atom stereocenters. The SMILES string of the molecule is O=C(NC1(c2cccc[n+]2[O-])CCC1)c1csc(-c2ccc(C(F)(F)F)cc2)n1. The molecule has 4 rings (SSSR count). The molecule has 0 unspecified atom stereocenters. The fraction of sp³-hybridized carbons (Fsp3) is 0.250. The summed E-state index contributed by atoms with van der Waals surface area (Å²) in [5.74, 6) is -0.414. The van der Waals surface area contributed by atoms with Crippen molar-refractivity contribution < 1.29 is 22.7 Å². The zero-order chi connectivity index (χ0) is 20.6. The van der Waals surface area contributed by atoms with Gasteiger partial charge in [0.1, 0.15) is 16.2 Å². The van der Waals surface area contributed by atoms with Crippen LogP contribution < -0.4 is 10.0 Å². The third-order valence-electron chi connectivity index (χ3n) is 5.07. The van der Waals surface area contributed by atoms with Crippen molar-refractivity contribution in [2.45, 2.75) is 31.0 Å². The van der Waals surface area contributed by atoms with Crippen LogP contribution in [0, 0.1) is 5.21 Å². The lowest BCUT2D eigenvalue weighted by atomic mass is 9.74. The van der Waals surface area contributed by atoms with Crippen molar-refractivity contribution in [1.29, 1.82) is 0 Å². The average molecular weight is 419 g/mol. The Morgan fingerprint density at radius 3 is 2.48 bits per heavy atom. The Morgan fingerprint density at radius 1 is 1.17 bits per heavy atom. The summed E-state index contributed by atoms with van der Waals surface area (Å²) in [5, 5.41) is 17.1. The number of benzene rings is 1. The van der Waals surface area contributed by atoms with E-state index in [0.717, 1.165) is 23.3 Å². The minimum atomic E-state index is -4.40. The Morgan fingerprint density at radius 2 is 1.90 bits per heavy atom. The number of nitrogens with one attached hydrogen (secondary N) is 1. The molecule has 1 N–H and O–H groups in total. The lowest BCUT2D eigenvalue weighted by molar-refractivity contribution is -0.620. The first kappa shape index (κ1) is 19.4. The van der Waals surface area contributed by atoms with Gasteiger partial charge in [0.2, 0.25) is 5.69 Å². The van der Waals surface area contributed by atoms with E-state index in [4.69, 9.17) is 0 Å². The van der Waals surface area contributed by atoms with Crippen molar-refractivity contribution in [1.82, 2.24) is 10.3 Å². The van der Waals surface area contributed by atoms with E-state index >= 15 is 0 Å². The van der Waals surface area contributed by atoms with Crippen molar-refractivity contribution in [3.05, 3.63) is 76.2 Å². The number of carbonyl (C=O) groups is 1. The zero-order valence-corrected chi connectivity index (χ0v) is 15.9. The van der Waals surface area contributed by atoms with Crippen LogP contribution in [0.5, 0.6) is 0 Å². The van der Waals surface area contributed by atoms with E-state index in [2.05, 4.69) is 10.3 Å². The fourth-order valence-corrected chi connectivity index (χ4v) is 4.17. The number of hydrogen-bond acceptors (Lipinski definition) is 4. The van der Waals surface area contributed by atoms with Gasteiger partial charge in [0.25, 0.3) is 5.91 Å². The van der Waals surface area contributed by atoms with Crippen LogP contribution in [0.4, 0.5) is 13.2 Å². The highest BCUT2D eigenvalue weighted by molar-refractivity contribution is 7.13. The molecule has 29 heavy (non-hydrogen) atoms. The van der Waals surface area contributed by atoms with E-state index in [-0.39, 0.29) is 5.69 Å². The van der Waals surface area contributed by atoms with E-state index in [1.807, 2.05) is 0 Å². The molecular weight excluding hydrogens is 403 g/mol. The molecule has 1 saturated carbocycles. The van der Waals surface area contributed by atoms with Gasteiger partial charge in [-0.25, -0.2) is 4.98 Å². The van der Waals surface area contributed by atoms with Crippen molar-refractivity contribution in [3.63, 3.8) is 0 Å². The molecule has 150 valence electrons. The lowest BCUT2D eigenvalue weighted by Crippen LogP contribution is -2.56. The Kier molecular flexibility index (Phi) is 4.77. The maximum atomic E-state index is 12.7. The molecule has 1 aromatic carbocycles. The molecule has 9 heteroatoms. The maximum Gasteiger partial charge on any atom is 0.416 e. The number of nitrogens with zero attached hydrogens (tertiary/aromatic N) is 2. The highest BCUT2D eigenvalue weighted by Crippen LogP contribution is 2.40. The van der Waals surface area contributed by atoms with Gasteiger partial charge in [0, 0.05) is 23.1 Å². The summed E-state index contributed by atoms with van der Waals surface area (Å²) >= 11 is 1.17. The van der Waals surface area contributed by atoms with Crippen LogP contribution in [0.3, 0.4) is 0 Å². The van der Waals surface area contributed by atoms with Gasteiger partial charge in [-0.15, -0.1) is 11.3 Å². The molecule has 2 aromatic heterocycles. The smallest absolute Gasteiger partial charge is 0.416 e. The number of aromatic nitrogens is 2. The highest BCUT2D eigenvalue weighted by Gasteiger charge is 2.46. The first-order chi connectivity index (χ1) is 13.8. The fourth-order valence-electron chi connectivity index (χ4n) is 3.37. The summed E-state index contributed by atoms with van der Waals surface area (Å²) in [5.41, 5.74) is -0.308. The first-order valence-corrected chi connectivity index (χ1v) is 9.81. The number of thiazole rings is 1. The normalized spacial score (nSPS) is 15.6. The van der Waals surface area contributed by atoms with Crippen LogP contribution in [0.25, 0.3) is 10.6 Å². The molecule has 0 saturated heterocycles. The molecule has 1 aliphatic carbocycles. The third kappa shape index (κ3) is 3.69. The van der Waals surface area contributed by atoms with Crippen molar-refractivity contribution >= 4 is 17.2 Å². The van der Waals surface area contributed by atoms with Gasteiger partial charge in [-0.1, -0.05) is 12.1 Å². The second-order valence-corrected chi connectivity index (χ2v) is 7.77. The summed E-state index contributed by atoms with van der Waals surface area (Å²) in [4.78, 5) is 17.0. The van der Waals surface area contributed by atoms with Crippen molar-refractivity contribution in [2.24, 2.45) is 0 Å². The molecule has 1 aliphatic rings. The Labute approximate surface area is 168 Å². The monoisotopic (exact) mass is 419 g/mol. The number of halogens is 3. The molecular formula is C20H16F3N3O2S. The summed E-state index contributed by atoms with van der Waals surface area (Å²) < 4.78 is 38.9. The van der Waals surface area contributed by atoms with Gasteiger partial charge >= 0.3 is 6.18 Å². The second-order valence-electron chi connectivity index (χ2n) is 6.91. The van der Waals surface area contributed by atoms with Gasteiger partial charge in [-0.05, 0) is 37.5 Å². The van der Waals surface area contributed by atoms with E-state index in [1.165, 1.54) is 29.7 Å². The van der Waals surface area contributed by atoms with Gasteiger partial charge < -0.3 is 10.5 Å². The van der Waals surface area contributed by atoms with Crippen LogP contribution >= 0.6 is 11.3 Å². The molecule has 0 spiro atoms. The summed E-state index contributed by atoms with van der Waals surface area (Å²) in [6.45, 7) is 0. The number of alkyl halides is 3. The van der Waals surface area contributed by atoms with E-state index in [0.29, 0.717) is 29.1 Å². The quantitative estimate of drug-likeness (QED) is 0.507. The molecule has 0 bridgehead atoms. The topological polar surface area (TPSA) is 68.9 Å². The minimum Gasteiger partial charge on any atom is -0.618 e. The Hall–Kier alpha value is -2.94. The molecule has 5 nitrogen and oxygen atoms in total. The second kappa shape index (κ2) is 7.14. The number of carbonyl (C=O) groups excluding carboxylic acids is 1. The van der Waals surface area contributed by atoms with E-state index in [9.17, 15) is 23.2 Å². The highest BCUT2D eigenvalue weighted by atomic mass is 32.1. The number of amides is 1. The van der Waals surface area contributed by atoms with Crippen molar-refractivity contribution in [2.75, 3.05) is 0 Å². The van der Waals surface area contributed by atoms with Crippen molar-refractivity contribution in [3.8, 4) is 10.6 Å². The summed E-state index contributed by atoms with van der Waals surface area (Å²) in [7, 11) is 0. The lowest BCUT2D eigenvalue weighted by Gasteiger charge is -2.39. The number of pyridine rings is 1. The maximum absolute atomic E-state index is 12.7. The summed E-state index contributed by atoms with van der Waals surface area (Å²) in [6.07, 6.45) is -0.808. The minimum absolute atomic E-state index is 0.171. The molecule has 0 aliphatic heterocycles. The van der Waals surface area contributed by atoms with E-state index < -0.39 is 23.2 Å². The van der Waals surface area contributed by atoms with Crippen LogP contribution in [-0.2, 0) is 11.7 Å². The first-order valence-electron chi connectivity index (χ1n) is 8.93. The zero-order valence-electron chi connectivity index (χ0n) is 15.1. The van der Waals surface area contributed by atoms with E-state index in [1.54, 1.807) is 23.6 Å². The number of rotatable bonds is 4. The van der Waals surface area contributed by atoms with Gasteiger partial charge in [0.05, 0.1) is 5.56 Å². The summed E-state index contributed by atoms with van der Waals surface area (Å²) in [6, 6.07) is 9.72. The molecule has 1 fully saturated rings. The van der Waals surface area contributed by atoms with Gasteiger partial charge in [0.15, 0.2) is 6.20 Å². The molecule has 3 aromatic rings. The molecule has 0 radical (unpaired) electrons. The van der Waals surface area contributed by atoms with Crippen LogP contribution in [0.1, 0.15) is 41.0 Å².